The minimum atomic E-state index is -4.55. The molecule has 6 nitrogen and oxygen atoms in total. The van der Waals surface area contributed by atoms with Crippen molar-refractivity contribution in [3.05, 3.63) is 23.7 Å². The van der Waals surface area contributed by atoms with Gasteiger partial charge in [0.15, 0.2) is 5.69 Å². The molecule has 0 unspecified atom stereocenters. The summed E-state index contributed by atoms with van der Waals surface area (Å²) in [7, 11) is 3.19. The van der Waals surface area contributed by atoms with Gasteiger partial charge in [0.25, 0.3) is 0 Å². The first-order valence-electron chi connectivity index (χ1n) is 6.51. The first-order chi connectivity index (χ1) is 10.3. The molecule has 0 radical (unpaired) electrons. The largest absolute Gasteiger partial charge is 0.433 e. The molecule has 0 saturated carbocycles. The zero-order valence-corrected chi connectivity index (χ0v) is 12.4. The Labute approximate surface area is 125 Å². The van der Waals surface area contributed by atoms with Crippen molar-refractivity contribution in [1.29, 1.82) is 0 Å². The monoisotopic (exact) mass is 315 g/mol. The standard InChI is InChI=1S/C13H16F3N5O/c1-8-9(7-21(2)20-8)10-6-11(13(14,15)16)19-12(18-10)17-4-5-22-3/h6-7H,4-5H2,1-3H3,(H,17,18,19). The second kappa shape index (κ2) is 6.30. The highest BCUT2D eigenvalue weighted by Gasteiger charge is 2.34. The van der Waals surface area contributed by atoms with Gasteiger partial charge in [0, 0.05) is 32.5 Å². The Hall–Kier alpha value is -2.16. The lowest BCUT2D eigenvalue weighted by Gasteiger charge is -2.11. The summed E-state index contributed by atoms with van der Waals surface area (Å²) >= 11 is 0. The van der Waals surface area contributed by atoms with Gasteiger partial charge in [-0.1, -0.05) is 0 Å². The van der Waals surface area contributed by atoms with Crippen LogP contribution in [0.2, 0.25) is 0 Å². The number of halogens is 3. The van der Waals surface area contributed by atoms with Gasteiger partial charge < -0.3 is 10.1 Å². The molecule has 2 aromatic rings. The van der Waals surface area contributed by atoms with E-state index in [0.717, 1.165) is 6.07 Å². The minimum absolute atomic E-state index is 0.0925. The van der Waals surface area contributed by atoms with Crippen molar-refractivity contribution < 1.29 is 17.9 Å². The predicted octanol–water partition coefficient (Wildman–Crippen LogP) is 2.26. The van der Waals surface area contributed by atoms with Crippen molar-refractivity contribution in [2.24, 2.45) is 7.05 Å². The Morgan fingerprint density at radius 1 is 1.32 bits per heavy atom. The number of rotatable bonds is 5. The molecule has 9 heteroatoms. The predicted molar refractivity (Wildman–Crippen MR) is 74.3 cm³/mol. The van der Waals surface area contributed by atoms with Crippen molar-refractivity contribution in [2.75, 3.05) is 25.6 Å². The summed E-state index contributed by atoms with van der Waals surface area (Å²) in [5.41, 5.74) is 0.302. The van der Waals surface area contributed by atoms with Crippen LogP contribution in [0.5, 0.6) is 0 Å². The molecule has 2 aromatic heterocycles. The second-order valence-corrected chi connectivity index (χ2v) is 4.68. The van der Waals surface area contributed by atoms with Crippen molar-refractivity contribution in [3.63, 3.8) is 0 Å². The molecule has 0 bridgehead atoms. The summed E-state index contributed by atoms with van der Waals surface area (Å²) in [5.74, 6) is -0.0925. The van der Waals surface area contributed by atoms with Gasteiger partial charge in [-0.25, -0.2) is 9.97 Å². The molecular weight excluding hydrogens is 299 g/mol. The van der Waals surface area contributed by atoms with E-state index < -0.39 is 11.9 Å². The summed E-state index contributed by atoms with van der Waals surface area (Å²) in [6, 6.07) is 0.922. The number of alkyl halides is 3. The number of aryl methyl sites for hydroxylation is 2. The highest BCUT2D eigenvalue weighted by Crippen LogP contribution is 2.31. The Morgan fingerprint density at radius 2 is 2.05 bits per heavy atom. The van der Waals surface area contributed by atoms with Gasteiger partial charge in [-0.3, -0.25) is 4.68 Å². The second-order valence-electron chi connectivity index (χ2n) is 4.68. The first-order valence-corrected chi connectivity index (χ1v) is 6.51. The van der Waals surface area contributed by atoms with E-state index >= 15 is 0 Å². The lowest BCUT2D eigenvalue weighted by atomic mass is 10.1. The average Bonchev–Trinajstić information content (AvgIpc) is 2.77. The Bertz CT molecular complexity index is 654. The van der Waals surface area contributed by atoms with E-state index in [9.17, 15) is 13.2 Å². The maximum atomic E-state index is 13.0. The van der Waals surface area contributed by atoms with Crippen LogP contribution >= 0.6 is 0 Å². The third-order valence-corrected chi connectivity index (χ3v) is 2.90. The van der Waals surface area contributed by atoms with E-state index in [2.05, 4.69) is 20.4 Å². The number of methoxy groups -OCH3 is 1. The fourth-order valence-corrected chi connectivity index (χ4v) is 1.93. The quantitative estimate of drug-likeness (QED) is 0.858. The summed E-state index contributed by atoms with van der Waals surface area (Å²) in [6.45, 7) is 2.35. The van der Waals surface area contributed by atoms with E-state index in [1.54, 1.807) is 20.2 Å². The minimum Gasteiger partial charge on any atom is -0.383 e. The lowest BCUT2D eigenvalue weighted by Crippen LogP contribution is -2.15. The molecular formula is C13H16F3N5O. The van der Waals surface area contributed by atoms with Crippen molar-refractivity contribution in [1.82, 2.24) is 19.7 Å². The van der Waals surface area contributed by atoms with E-state index in [1.807, 2.05) is 0 Å². The molecule has 22 heavy (non-hydrogen) atoms. The fraction of sp³-hybridized carbons (Fsp3) is 0.462. The molecule has 1 N–H and O–H groups in total. The van der Waals surface area contributed by atoms with Gasteiger partial charge in [-0.05, 0) is 13.0 Å². The number of nitrogens with one attached hydrogen (secondary N) is 1. The number of ether oxygens (including phenoxy) is 1. The Morgan fingerprint density at radius 3 is 2.59 bits per heavy atom. The van der Waals surface area contributed by atoms with Gasteiger partial charge in [-0.15, -0.1) is 0 Å². The van der Waals surface area contributed by atoms with Gasteiger partial charge in [0.05, 0.1) is 18.0 Å². The smallest absolute Gasteiger partial charge is 0.383 e. The van der Waals surface area contributed by atoms with Crippen LogP contribution in [0.1, 0.15) is 11.4 Å². The Balaban J connectivity index is 2.44. The van der Waals surface area contributed by atoms with Crippen LogP contribution in [0.25, 0.3) is 11.3 Å². The normalized spacial score (nSPS) is 11.7. The molecule has 0 aromatic carbocycles. The third-order valence-electron chi connectivity index (χ3n) is 2.90. The highest BCUT2D eigenvalue weighted by atomic mass is 19.4. The maximum absolute atomic E-state index is 13.0. The van der Waals surface area contributed by atoms with Gasteiger partial charge in [0.1, 0.15) is 0 Å². The highest BCUT2D eigenvalue weighted by molar-refractivity contribution is 5.62. The molecule has 0 fully saturated rings. The zero-order valence-electron chi connectivity index (χ0n) is 12.4. The number of hydrogen-bond donors (Lipinski definition) is 1. The molecule has 2 heterocycles. The summed E-state index contributed by atoms with van der Waals surface area (Å²) < 4.78 is 45.4. The summed E-state index contributed by atoms with van der Waals surface area (Å²) in [4.78, 5) is 7.64. The van der Waals surface area contributed by atoms with Crippen LogP contribution in [0.15, 0.2) is 12.3 Å². The first kappa shape index (κ1) is 16.2. The van der Waals surface area contributed by atoms with E-state index in [4.69, 9.17) is 4.74 Å². The van der Waals surface area contributed by atoms with Crippen molar-refractivity contribution >= 4 is 5.95 Å². The van der Waals surface area contributed by atoms with Gasteiger partial charge >= 0.3 is 6.18 Å². The average molecular weight is 315 g/mol. The fourth-order valence-electron chi connectivity index (χ4n) is 1.93. The Kier molecular flexibility index (Phi) is 4.65. The molecule has 120 valence electrons. The number of hydrogen-bond acceptors (Lipinski definition) is 5. The van der Waals surface area contributed by atoms with Crippen LogP contribution in [0.3, 0.4) is 0 Å². The molecule has 0 aliphatic carbocycles. The topological polar surface area (TPSA) is 64.9 Å². The van der Waals surface area contributed by atoms with Crippen molar-refractivity contribution in [2.45, 2.75) is 13.1 Å². The summed E-state index contributed by atoms with van der Waals surface area (Å²) in [6.07, 6.45) is -2.93. The van der Waals surface area contributed by atoms with Gasteiger partial charge in [-0.2, -0.15) is 18.3 Å². The molecule has 0 amide bonds. The van der Waals surface area contributed by atoms with Gasteiger partial charge in [0.2, 0.25) is 5.95 Å². The number of aromatic nitrogens is 4. The van der Waals surface area contributed by atoms with Crippen LogP contribution in [-0.2, 0) is 18.0 Å². The SMILES string of the molecule is COCCNc1nc(-c2cn(C)nc2C)cc(C(F)(F)F)n1. The lowest BCUT2D eigenvalue weighted by molar-refractivity contribution is -0.141. The number of anilines is 1. The van der Waals surface area contributed by atoms with E-state index in [1.165, 1.54) is 11.8 Å². The van der Waals surface area contributed by atoms with Crippen LogP contribution in [0.4, 0.5) is 19.1 Å². The number of nitrogens with zero attached hydrogens (tertiary/aromatic N) is 4. The molecule has 0 aliphatic heterocycles. The molecule has 2 rings (SSSR count). The molecule has 0 atom stereocenters. The molecule has 0 spiro atoms. The molecule has 0 aliphatic rings. The molecule has 0 saturated heterocycles. The van der Waals surface area contributed by atoms with Crippen molar-refractivity contribution in [3.8, 4) is 11.3 Å². The van der Waals surface area contributed by atoms with E-state index in [-0.39, 0.29) is 11.6 Å². The van der Waals surface area contributed by atoms with Crippen LogP contribution in [-0.4, -0.2) is 40.0 Å². The third kappa shape index (κ3) is 3.73. The summed E-state index contributed by atoms with van der Waals surface area (Å²) in [5, 5.41) is 6.84. The van der Waals surface area contributed by atoms with Crippen LogP contribution in [0, 0.1) is 6.92 Å². The zero-order chi connectivity index (χ0) is 16.3. The van der Waals surface area contributed by atoms with Crippen LogP contribution < -0.4 is 5.32 Å². The maximum Gasteiger partial charge on any atom is 0.433 e. The van der Waals surface area contributed by atoms with E-state index in [0.29, 0.717) is 24.4 Å².